The quantitative estimate of drug-likeness (QED) is 0.875. The number of halogens is 2. The molecule has 1 fully saturated rings. The van der Waals surface area contributed by atoms with Crippen molar-refractivity contribution in [3.63, 3.8) is 0 Å². The monoisotopic (exact) mass is 359 g/mol. The summed E-state index contributed by atoms with van der Waals surface area (Å²) < 4.78 is 27.6. The highest BCUT2D eigenvalue weighted by molar-refractivity contribution is 5.96. The highest BCUT2D eigenvalue weighted by atomic mass is 19.1. The summed E-state index contributed by atoms with van der Waals surface area (Å²) in [4.78, 5) is 14.6. The molecule has 1 heterocycles. The number of hydrogen-bond acceptors (Lipinski definition) is 2. The van der Waals surface area contributed by atoms with Gasteiger partial charge in [-0.1, -0.05) is 12.1 Å². The second kappa shape index (κ2) is 7.85. The fourth-order valence-corrected chi connectivity index (χ4v) is 3.63. The van der Waals surface area contributed by atoms with Crippen molar-refractivity contribution in [3.05, 3.63) is 64.7 Å². The molecule has 0 aliphatic carbocycles. The molecule has 0 radical (unpaired) electrons. The number of rotatable bonds is 4. The summed E-state index contributed by atoms with van der Waals surface area (Å²) in [6.45, 7) is 2.97. The van der Waals surface area contributed by atoms with Crippen molar-refractivity contribution in [1.82, 2.24) is 4.90 Å². The first-order valence-corrected chi connectivity index (χ1v) is 8.98. The lowest BCUT2D eigenvalue weighted by Gasteiger charge is -2.33. The summed E-state index contributed by atoms with van der Waals surface area (Å²) in [6.07, 6.45) is 2.78. The van der Waals surface area contributed by atoms with Crippen LogP contribution in [-0.4, -0.2) is 29.0 Å². The van der Waals surface area contributed by atoms with Gasteiger partial charge in [0.05, 0.1) is 0 Å². The van der Waals surface area contributed by atoms with Crippen molar-refractivity contribution in [3.8, 4) is 5.75 Å². The number of carbonyl (C=O) groups is 1. The standard InChI is InChI=1S/C21H23F2NO2/c1-14-16(6-2-9-20(14)25)21(26)24-12-4-5-15(13-24)10-11-17-18(22)7-3-8-19(17)23/h2-3,6-9,15,25H,4-5,10-13H2,1H3. The van der Waals surface area contributed by atoms with Crippen molar-refractivity contribution in [2.75, 3.05) is 13.1 Å². The SMILES string of the molecule is Cc1c(O)cccc1C(=O)N1CCCC(CCc2c(F)cccc2F)C1. The topological polar surface area (TPSA) is 40.5 Å². The largest absolute Gasteiger partial charge is 0.508 e. The Balaban J connectivity index is 1.66. The predicted molar refractivity (Wildman–Crippen MR) is 96.2 cm³/mol. The van der Waals surface area contributed by atoms with Gasteiger partial charge in [0, 0.05) is 29.8 Å². The van der Waals surface area contributed by atoms with E-state index < -0.39 is 11.6 Å². The van der Waals surface area contributed by atoms with Crippen LogP contribution in [0.5, 0.6) is 5.75 Å². The molecule has 0 saturated carbocycles. The molecule has 0 bridgehead atoms. The van der Waals surface area contributed by atoms with E-state index in [-0.39, 0.29) is 23.1 Å². The van der Waals surface area contributed by atoms with Crippen LogP contribution in [0.15, 0.2) is 36.4 Å². The molecule has 1 amide bonds. The van der Waals surface area contributed by atoms with Crippen molar-refractivity contribution in [1.29, 1.82) is 0 Å². The Labute approximate surface area is 152 Å². The highest BCUT2D eigenvalue weighted by Gasteiger charge is 2.26. The Kier molecular flexibility index (Phi) is 5.55. The number of nitrogens with zero attached hydrogens (tertiary/aromatic N) is 1. The van der Waals surface area contributed by atoms with Crippen LogP contribution in [0.4, 0.5) is 8.78 Å². The number of piperidine rings is 1. The number of aromatic hydroxyl groups is 1. The van der Waals surface area contributed by atoms with Gasteiger partial charge in [-0.15, -0.1) is 0 Å². The minimum absolute atomic E-state index is 0.0971. The van der Waals surface area contributed by atoms with E-state index in [0.29, 0.717) is 37.1 Å². The molecule has 1 N–H and O–H groups in total. The molecule has 26 heavy (non-hydrogen) atoms. The summed E-state index contributed by atoms with van der Waals surface area (Å²) in [7, 11) is 0. The van der Waals surface area contributed by atoms with E-state index in [4.69, 9.17) is 0 Å². The zero-order chi connectivity index (χ0) is 18.7. The number of benzene rings is 2. The number of phenols is 1. The third-order valence-corrected chi connectivity index (χ3v) is 5.21. The van der Waals surface area contributed by atoms with Crippen LogP contribution in [-0.2, 0) is 6.42 Å². The van der Waals surface area contributed by atoms with Gasteiger partial charge in [-0.05, 0) is 62.8 Å². The lowest BCUT2D eigenvalue weighted by Crippen LogP contribution is -2.40. The second-order valence-corrected chi connectivity index (χ2v) is 6.95. The molecule has 138 valence electrons. The highest BCUT2D eigenvalue weighted by Crippen LogP contribution is 2.26. The van der Waals surface area contributed by atoms with Gasteiger partial charge in [-0.2, -0.15) is 0 Å². The number of carbonyl (C=O) groups excluding carboxylic acids is 1. The minimum atomic E-state index is -0.510. The third kappa shape index (κ3) is 3.87. The maximum absolute atomic E-state index is 13.8. The van der Waals surface area contributed by atoms with Crippen LogP contribution in [0.3, 0.4) is 0 Å². The molecular formula is C21H23F2NO2. The predicted octanol–water partition coefficient (Wildman–Crippen LogP) is 4.46. The van der Waals surface area contributed by atoms with E-state index in [1.807, 2.05) is 0 Å². The molecule has 0 spiro atoms. The maximum atomic E-state index is 13.8. The van der Waals surface area contributed by atoms with Crippen molar-refractivity contribution < 1.29 is 18.7 Å². The van der Waals surface area contributed by atoms with Crippen LogP contribution in [0, 0.1) is 24.5 Å². The fourth-order valence-electron chi connectivity index (χ4n) is 3.63. The second-order valence-electron chi connectivity index (χ2n) is 6.95. The molecule has 3 nitrogen and oxygen atoms in total. The van der Waals surface area contributed by atoms with Crippen LogP contribution in [0.2, 0.25) is 0 Å². The summed E-state index contributed by atoms with van der Waals surface area (Å²) in [5.74, 6) is -0.794. The molecule has 2 aromatic rings. The van der Waals surface area contributed by atoms with Crippen LogP contribution >= 0.6 is 0 Å². The first-order chi connectivity index (χ1) is 12.5. The Morgan fingerprint density at radius 1 is 1.19 bits per heavy atom. The molecule has 1 saturated heterocycles. The van der Waals surface area contributed by atoms with Gasteiger partial charge < -0.3 is 10.0 Å². The molecule has 1 aliphatic rings. The molecule has 1 atom stereocenters. The number of hydrogen-bond donors (Lipinski definition) is 1. The summed E-state index contributed by atoms with van der Waals surface area (Å²) in [5.41, 5.74) is 1.21. The van der Waals surface area contributed by atoms with Crippen molar-refractivity contribution in [2.24, 2.45) is 5.92 Å². The average molecular weight is 359 g/mol. The first-order valence-electron chi connectivity index (χ1n) is 8.98. The van der Waals surface area contributed by atoms with Gasteiger partial charge in [-0.25, -0.2) is 8.78 Å². The molecule has 5 heteroatoms. The lowest BCUT2D eigenvalue weighted by atomic mass is 9.91. The van der Waals surface area contributed by atoms with E-state index in [1.54, 1.807) is 30.0 Å². The van der Waals surface area contributed by atoms with Gasteiger partial charge in [0.15, 0.2) is 0 Å². The summed E-state index contributed by atoms with van der Waals surface area (Å²) >= 11 is 0. The summed E-state index contributed by atoms with van der Waals surface area (Å²) in [5, 5.41) is 9.82. The number of likely N-dealkylation sites (tertiary alicyclic amines) is 1. The average Bonchev–Trinajstić information content (AvgIpc) is 2.63. The lowest BCUT2D eigenvalue weighted by molar-refractivity contribution is 0.0667. The maximum Gasteiger partial charge on any atom is 0.254 e. The number of amides is 1. The molecule has 1 unspecified atom stereocenters. The smallest absolute Gasteiger partial charge is 0.254 e. The Hall–Kier alpha value is -2.43. The van der Waals surface area contributed by atoms with Gasteiger partial charge in [0.1, 0.15) is 17.4 Å². The first kappa shape index (κ1) is 18.4. The molecular weight excluding hydrogens is 336 g/mol. The van der Waals surface area contributed by atoms with Crippen molar-refractivity contribution in [2.45, 2.75) is 32.6 Å². The Morgan fingerprint density at radius 2 is 1.88 bits per heavy atom. The normalized spacial score (nSPS) is 17.3. The van der Waals surface area contributed by atoms with E-state index in [1.165, 1.54) is 18.2 Å². The van der Waals surface area contributed by atoms with Gasteiger partial charge in [0.25, 0.3) is 5.91 Å². The zero-order valence-corrected chi connectivity index (χ0v) is 14.8. The summed E-state index contributed by atoms with van der Waals surface area (Å²) in [6, 6.07) is 8.87. The fraction of sp³-hybridized carbons (Fsp3) is 0.381. The minimum Gasteiger partial charge on any atom is -0.508 e. The van der Waals surface area contributed by atoms with Crippen LogP contribution < -0.4 is 0 Å². The van der Waals surface area contributed by atoms with Gasteiger partial charge >= 0.3 is 0 Å². The van der Waals surface area contributed by atoms with Gasteiger partial charge in [-0.3, -0.25) is 4.79 Å². The molecule has 2 aromatic carbocycles. The van der Waals surface area contributed by atoms with Crippen LogP contribution in [0.1, 0.15) is 40.7 Å². The zero-order valence-electron chi connectivity index (χ0n) is 14.8. The number of phenolic OH excluding ortho intramolecular Hbond substituents is 1. The van der Waals surface area contributed by atoms with E-state index in [2.05, 4.69) is 0 Å². The van der Waals surface area contributed by atoms with E-state index in [0.717, 1.165) is 12.8 Å². The Bertz CT molecular complexity index is 786. The molecule has 3 rings (SSSR count). The molecule has 0 aromatic heterocycles. The third-order valence-electron chi connectivity index (χ3n) is 5.21. The molecule has 1 aliphatic heterocycles. The van der Waals surface area contributed by atoms with E-state index in [9.17, 15) is 18.7 Å². The van der Waals surface area contributed by atoms with Crippen molar-refractivity contribution >= 4 is 5.91 Å². The Morgan fingerprint density at radius 3 is 2.62 bits per heavy atom. The van der Waals surface area contributed by atoms with E-state index >= 15 is 0 Å². The van der Waals surface area contributed by atoms with Gasteiger partial charge in [0.2, 0.25) is 0 Å². The van der Waals surface area contributed by atoms with Crippen LogP contribution in [0.25, 0.3) is 0 Å².